The standard InChI is InChI=1S/C14H22N4O3/c1-4-11-13(19)15-6-7-18(11)9-12-10(8-16-17(12)3)14(20)21-5-2/h8,11H,4-7,9H2,1-3H3,(H,15,19). The van der Waals surface area contributed by atoms with Gasteiger partial charge in [0.2, 0.25) is 5.91 Å². The third-order valence-electron chi connectivity index (χ3n) is 3.74. The van der Waals surface area contributed by atoms with Crippen LogP contribution in [0.15, 0.2) is 6.20 Å². The minimum atomic E-state index is -0.366. The first-order valence-electron chi connectivity index (χ1n) is 7.28. The Hall–Kier alpha value is -1.89. The number of carbonyl (C=O) groups is 2. The second-order valence-electron chi connectivity index (χ2n) is 5.03. The Morgan fingerprint density at radius 3 is 2.95 bits per heavy atom. The average molecular weight is 294 g/mol. The highest BCUT2D eigenvalue weighted by Crippen LogP contribution is 2.17. The van der Waals surface area contributed by atoms with Crippen LogP contribution in [0.25, 0.3) is 0 Å². The van der Waals surface area contributed by atoms with E-state index in [1.54, 1.807) is 18.7 Å². The maximum atomic E-state index is 12.0. The van der Waals surface area contributed by atoms with E-state index in [2.05, 4.69) is 15.3 Å². The molecule has 116 valence electrons. The molecular formula is C14H22N4O3. The molecule has 0 spiro atoms. The number of hydrogen-bond acceptors (Lipinski definition) is 5. The van der Waals surface area contributed by atoms with Crippen molar-refractivity contribution in [1.29, 1.82) is 0 Å². The smallest absolute Gasteiger partial charge is 0.341 e. The highest BCUT2D eigenvalue weighted by molar-refractivity contribution is 5.90. The van der Waals surface area contributed by atoms with E-state index in [0.717, 1.165) is 18.7 Å². The van der Waals surface area contributed by atoms with Gasteiger partial charge >= 0.3 is 5.97 Å². The van der Waals surface area contributed by atoms with Crippen LogP contribution >= 0.6 is 0 Å². The monoisotopic (exact) mass is 294 g/mol. The van der Waals surface area contributed by atoms with Crippen LogP contribution in [0.5, 0.6) is 0 Å². The molecule has 0 saturated carbocycles. The molecule has 0 radical (unpaired) electrons. The summed E-state index contributed by atoms with van der Waals surface area (Å²) in [5.41, 5.74) is 1.25. The molecule has 1 aliphatic rings. The topological polar surface area (TPSA) is 76.5 Å². The summed E-state index contributed by atoms with van der Waals surface area (Å²) in [6.07, 6.45) is 2.26. The first-order chi connectivity index (χ1) is 10.1. The van der Waals surface area contributed by atoms with Gasteiger partial charge < -0.3 is 10.1 Å². The maximum Gasteiger partial charge on any atom is 0.341 e. The van der Waals surface area contributed by atoms with Gasteiger partial charge in [-0.3, -0.25) is 14.4 Å². The van der Waals surface area contributed by atoms with E-state index >= 15 is 0 Å². The first-order valence-corrected chi connectivity index (χ1v) is 7.28. The van der Waals surface area contributed by atoms with E-state index < -0.39 is 0 Å². The predicted molar refractivity (Wildman–Crippen MR) is 76.7 cm³/mol. The molecule has 0 aliphatic carbocycles. The lowest BCUT2D eigenvalue weighted by Crippen LogP contribution is -2.54. The molecule has 0 bridgehead atoms. The Balaban J connectivity index is 2.20. The molecular weight excluding hydrogens is 272 g/mol. The number of hydrogen-bond donors (Lipinski definition) is 1. The highest BCUT2D eigenvalue weighted by atomic mass is 16.5. The Bertz CT molecular complexity index is 526. The van der Waals surface area contributed by atoms with Crippen molar-refractivity contribution in [2.24, 2.45) is 7.05 Å². The van der Waals surface area contributed by atoms with Gasteiger partial charge in [0, 0.05) is 26.7 Å². The fourth-order valence-corrected chi connectivity index (χ4v) is 2.62. The van der Waals surface area contributed by atoms with Crippen LogP contribution in [0.2, 0.25) is 0 Å². The third-order valence-corrected chi connectivity index (χ3v) is 3.74. The lowest BCUT2D eigenvalue weighted by Gasteiger charge is -2.34. The van der Waals surface area contributed by atoms with Crippen LogP contribution in [0, 0.1) is 0 Å². The molecule has 1 aromatic rings. The predicted octanol–water partition coefficient (Wildman–Crippen LogP) is 0.307. The van der Waals surface area contributed by atoms with E-state index in [4.69, 9.17) is 4.74 Å². The molecule has 1 atom stereocenters. The summed E-state index contributed by atoms with van der Waals surface area (Å²) in [5, 5.41) is 7.01. The summed E-state index contributed by atoms with van der Waals surface area (Å²) < 4.78 is 6.73. The summed E-state index contributed by atoms with van der Waals surface area (Å²) in [6, 6.07) is -0.163. The SMILES string of the molecule is CCOC(=O)c1cnn(C)c1CN1CCNC(=O)C1CC. The number of aromatic nitrogens is 2. The largest absolute Gasteiger partial charge is 0.462 e. The number of aryl methyl sites for hydroxylation is 1. The minimum Gasteiger partial charge on any atom is -0.462 e. The number of rotatable bonds is 5. The molecule has 21 heavy (non-hydrogen) atoms. The van der Waals surface area contributed by atoms with Crippen LogP contribution in [0.1, 0.15) is 36.3 Å². The number of carbonyl (C=O) groups excluding carboxylic acids is 2. The highest BCUT2D eigenvalue weighted by Gasteiger charge is 2.30. The van der Waals surface area contributed by atoms with Crippen LogP contribution in [-0.2, 0) is 23.1 Å². The Morgan fingerprint density at radius 2 is 2.29 bits per heavy atom. The van der Waals surface area contributed by atoms with Crippen LogP contribution < -0.4 is 5.32 Å². The van der Waals surface area contributed by atoms with Crippen LogP contribution in [0.4, 0.5) is 0 Å². The Morgan fingerprint density at radius 1 is 1.52 bits per heavy atom. The molecule has 7 nitrogen and oxygen atoms in total. The van der Waals surface area contributed by atoms with Crippen molar-refractivity contribution in [3.63, 3.8) is 0 Å². The number of nitrogens with one attached hydrogen (secondary N) is 1. The fraction of sp³-hybridized carbons (Fsp3) is 0.643. The van der Waals surface area contributed by atoms with Crippen molar-refractivity contribution >= 4 is 11.9 Å². The molecule has 1 fully saturated rings. The van der Waals surface area contributed by atoms with Crippen LogP contribution in [-0.4, -0.2) is 52.3 Å². The number of ether oxygens (including phenoxy) is 1. The van der Waals surface area contributed by atoms with Gasteiger partial charge in [0.15, 0.2) is 0 Å². The average Bonchev–Trinajstić information content (AvgIpc) is 2.81. The van der Waals surface area contributed by atoms with Crippen molar-refractivity contribution in [1.82, 2.24) is 20.0 Å². The normalized spacial score (nSPS) is 19.4. The molecule has 0 aromatic carbocycles. The van der Waals surface area contributed by atoms with E-state index in [1.807, 2.05) is 6.92 Å². The quantitative estimate of drug-likeness (QED) is 0.791. The summed E-state index contributed by atoms with van der Waals surface area (Å²) in [6.45, 7) is 5.99. The van der Waals surface area contributed by atoms with E-state index in [9.17, 15) is 9.59 Å². The maximum absolute atomic E-state index is 12.0. The second kappa shape index (κ2) is 6.71. The second-order valence-corrected chi connectivity index (χ2v) is 5.03. The van der Waals surface area contributed by atoms with Crippen LogP contribution in [0.3, 0.4) is 0 Å². The van der Waals surface area contributed by atoms with Crippen molar-refractivity contribution < 1.29 is 14.3 Å². The summed E-state index contributed by atoms with van der Waals surface area (Å²) >= 11 is 0. The summed E-state index contributed by atoms with van der Waals surface area (Å²) in [7, 11) is 1.79. The molecule has 1 aromatic heterocycles. The minimum absolute atomic E-state index is 0.0450. The molecule has 1 N–H and O–H groups in total. The van der Waals surface area contributed by atoms with E-state index in [-0.39, 0.29) is 17.9 Å². The molecule has 1 aliphatic heterocycles. The number of esters is 1. The van der Waals surface area contributed by atoms with E-state index in [0.29, 0.717) is 25.3 Å². The lowest BCUT2D eigenvalue weighted by molar-refractivity contribution is -0.129. The number of piperazine rings is 1. The molecule has 1 amide bonds. The number of nitrogens with zero attached hydrogens (tertiary/aromatic N) is 3. The van der Waals surface area contributed by atoms with Gasteiger partial charge in [-0.1, -0.05) is 6.92 Å². The van der Waals surface area contributed by atoms with Crippen molar-refractivity contribution in [2.75, 3.05) is 19.7 Å². The zero-order valence-corrected chi connectivity index (χ0v) is 12.8. The number of amides is 1. The lowest BCUT2D eigenvalue weighted by atomic mass is 10.1. The molecule has 2 rings (SSSR count). The van der Waals surface area contributed by atoms with Gasteiger partial charge in [0.05, 0.1) is 24.5 Å². The third kappa shape index (κ3) is 3.24. The van der Waals surface area contributed by atoms with Gasteiger partial charge in [0.1, 0.15) is 5.56 Å². The molecule has 1 saturated heterocycles. The summed E-state index contributed by atoms with van der Waals surface area (Å²) in [4.78, 5) is 25.9. The molecule has 2 heterocycles. The Kier molecular flexibility index (Phi) is 4.95. The summed E-state index contributed by atoms with van der Waals surface area (Å²) in [5.74, 6) is -0.321. The molecule has 7 heteroatoms. The Labute approximate surface area is 124 Å². The van der Waals surface area contributed by atoms with Gasteiger partial charge in [-0.15, -0.1) is 0 Å². The zero-order chi connectivity index (χ0) is 15.4. The van der Waals surface area contributed by atoms with Gasteiger partial charge in [-0.25, -0.2) is 4.79 Å². The first kappa shape index (κ1) is 15.5. The zero-order valence-electron chi connectivity index (χ0n) is 12.8. The van der Waals surface area contributed by atoms with Gasteiger partial charge in [-0.2, -0.15) is 5.10 Å². The van der Waals surface area contributed by atoms with Gasteiger partial charge in [0.25, 0.3) is 0 Å². The van der Waals surface area contributed by atoms with Gasteiger partial charge in [-0.05, 0) is 13.3 Å². The molecule has 1 unspecified atom stereocenters. The van der Waals surface area contributed by atoms with E-state index in [1.165, 1.54) is 6.20 Å². The van der Waals surface area contributed by atoms with Crippen molar-refractivity contribution in [3.05, 3.63) is 17.5 Å². The fourth-order valence-electron chi connectivity index (χ4n) is 2.62. The van der Waals surface area contributed by atoms with Crippen molar-refractivity contribution in [2.45, 2.75) is 32.9 Å². The van der Waals surface area contributed by atoms with Crippen molar-refractivity contribution in [3.8, 4) is 0 Å².